The molecule has 1 saturated heterocycles. The third kappa shape index (κ3) is 3.07. The monoisotopic (exact) mass is 218 g/mol. The first kappa shape index (κ1) is 11.1. The van der Waals surface area contributed by atoms with Gasteiger partial charge in [-0.3, -0.25) is 4.79 Å². The minimum Gasteiger partial charge on any atom is -0.355 e. The third-order valence-corrected chi connectivity index (χ3v) is 2.99. The molecule has 0 spiro atoms. The van der Waals surface area contributed by atoms with Crippen molar-refractivity contribution >= 4 is 5.91 Å². The normalized spacial score (nSPS) is 19.6. The average Bonchev–Trinajstić information content (AvgIpc) is 2.84. The second-order valence-corrected chi connectivity index (χ2v) is 4.22. The van der Waals surface area contributed by atoms with Gasteiger partial charge in [0.15, 0.2) is 0 Å². The van der Waals surface area contributed by atoms with E-state index in [-0.39, 0.29) is 11.8 Å². The maximum Gasteiger partial charge on any atom is 0.224 e. The maximum atomic E-state index is 11.7. The molecule has 1 heterocycles. The summed E-state index contributed by atoms with van der Waals surface area (Å²) >= 11 is 0. The molecular weight excluding hydrogens is 200 g/mol. The molecule has 1 aromatic carbocycles. The Labute approximate surface area is 96.2 Å². The van der Waals surface area contributed by atoms with Gasteiger partial charge in [0.25, 0.3) is 0 Å². The zero-order chi connectivity index (χ0) is 11.2. The van der Waals surface area contributed by atoms with Crippen LogP contribution in [-0.2, 0) is 11.2 Å². The summed E-state index contributed by atoms with van der Waals surface area (Å²) in [6.45, 7) is 2.54. The first-order chi connectivity index (χ1) is 7.86. The number of hydrogen-bond acceptors (Lipinski definition) is 2. The fourth-order valence-electron chi connectivity index (χ4n) is 2.00. The molecule has 0 radical (unpaired) electrons. The molecule has 1 aliphatic rings. The van der Waals surface area contributed by atoms with E-state index in [0.29, 0.717) is 0 Å². The molecule has 86 valence electrons. The molecular formula is C13H18N2O. The van der Waals surface area contributed by atoms with Crippen molar-refractivity contribution in [1.29, 1.82) is 0 Å². The van der Waals surface area contributed by atoms with Gasteiger partial charge in [0.05, 0.1) is 5.92 Å². The van der Waals surface area contributed by atoms with E-state index >= 15 is 0 Å². The Balaban J connectivity index is 1.70. The maximum absolute atomic E-state index is 11.7. The van der Waals surface area contributed by atoms with Crippen LogP contribution in [0.4, 0.5) is 0 Å². The molecule has 1 fully saturated rings. The summed E-state index contributed by atoms with van der Waals surface area (Å²) in [6.07, 6.45) is 1.88. The van der Waals surface area contributed by atoms with Crippen molar-refractivity contribution in [2.45, 2.75) is 12.8 Å². The molecule has 3 heteroatoms. The van der Waals surface area contributed by atoms with Crippen LogP contribution in [0, 0.1) is 5.92 Å². The van der Waals surface area contributed by atoms with E-state index in [9.17, 15) is 4.79 Å². The molecule has 2 rings (SSSR count). The Kier molecular flexibility index (Phi) is 3.94. The predicted molar refractivity (Wildman–Crippen MR) is 64.1 cm³/mol. The van der Waals surface area contributed by atoms with Crippen LogP contribution in [0.2, 0.25) is 0 Å². The molecule has 0 aliphatic carbocycles. The smallest absolute Gasteiger partial charge is 0.224 e. The molecule has 0 bridgehead atoms. The van der Waals surface area contributed by atoms with Crippen LogP contribution in [0.1, 0.15) is 12.0 Å². The van der Waals surface area contributed by atoms with Crippen molar-refractivity contribution in [1.82, 2.24) is 10.6 Å². The summed E-state index contributed by atoms with van der Waals surface area (Å²) < 4.78 is 0. The number of hydrogen-bond donors (Lipinski definition) is 2. The van der Waals surface area contributed by atoms with Gasteiger partial charge in [-0.05, 0) is 24.9 Å². The van der Waals surface area contributed by atoms with Crippen LogP contribution >= 0.6 is 0 Å². The Morgan fingerprint density at radius 2 is 2.19 bits per heavy atom. The molecule has 3 nitrogen and oxygen atoms in total. The van der Waals surface area contributed by atoms with Crippen molar-refractivity contribution in [2.24, 2.45) is 5.92 Å². The van der Waals surface area contributed by atoms with E-state index in [1.807, 2.05) is 18.2 Å². The average molecular weight is 218 g/mol. The summed E-state index contributed by atoms with van der Waals surface area (Å²) in [5.41, 5.74) is 1.27. The van der Waals surface area contributed by atoms with Crippen LogP contribution in [0.3, 0.4) is 0 Å². The minimum absolute atomic E-state index is 0.177. The summed E-state index contributed by atoms with van der Waals surface area (Å²) in [5.74, 6) is 0.372. The number of nitrogens with one attached hydrogen (secondary N) is 2. The van der Waals surface area contributed by atoms with Gasteiger partial charge in [-0.25, -0.2) is 0 Å². The van der Waals surface area contributed by atoms with Crippen LogP contribution in [0.15, 0.2) is 30.3 Å². The lowest BCUT2D eigenvalue weighted by atomic mass is 10.1. The van der Waals surface area contributed by atoms with E-state index in [0.717, 1.165) is 32.5 Å². The van der Waals surface area contributed by atoms with Gasteiger partial charge < -0.3 is 10.6 Å². The van der Waals surface area contributed by atoms with E-state index in [2.05, 4.69) is 22.8 Å². The van der Waals surface area contributed by atoms with Gasteiger partial charge in [0.1, 0.15) is 0 Å². The van der Waals surface area contributed by atoms with E-state index in [4.69, 9.17) is 0 Å². The topological polar surface area (TPSA) is 41.1 Å². The molecule has 1 aliphatic heterocycles. The summed E-state index contributed by atoms with van der Waals surface area (Å²) in [4.78, 5) is 11.7. The molecule has 1 amide bonds. The molecule has 2 N–H and O–H groups in total. The number of rotatable bonds is 4. The van der Waals surface area contributed by atoms with Gasteiger partial charge >= 0.3 is 0 Å². The highest BCUT2D eigenvalue weighted by atomic mass is 16.1. The molecule has 0 saturated carbocycles. The van der Waals surface area contributed by atoms with Crippen molar-refractivity contribution in [3.63, 3.8) is 0 Å². The van der Waals surface area contributed by atoms with Gasteiger partial charge in [-0.15, -0.1) is 0 Å². The standard InChI is InChI=1S/C13H18N2O/c16-13(12-7-8-14-10-12)15-9-6-11-4-2-1-3-5-11/h1-5,12,14H,6-10H2,(H,15,16). The number of amides is 1. The van der Waals surface area contributed by atoms with Crippen molar-refractivity contribution in [2.75, 3.05) is 19.6 Å². The fraction of sp³-hybridized carbons (Fsp3) is 0.462. The lowest BCUT2D eigenvalue weighted by Gasteiger charge is -2.09. The third-order valence-electron chi connectivity index (χ3n) is 2.99. The number of benzene rings is 1. The quantitative estimate of drug-likeness (QED) is 0.790. The van der Waals surface area contributed by atoms with Gasteiger partial charge in [0, 0.05) is 13.1 Å². The summed E-state index contributed by atoms with van der Waals surface area (Å²) in [5, 5.41) is 6.19. The largest absolute Gasteiger partial charge is 0.355 e. The predicted octanol–water partition coefficient (Wildman–Crippen LogP) is 0.955. The Hall–Kier alpha value is -1.35. The lowest BCUT2D eigenvalue weighted by molar-refractivity contribution is -0.124. The van der Waals surface area contributed by atoms with Crippen molar-refractivity contribution in [3.05, 3.63) is 35.9 Å². The van der Waals surface area contributed by atoms with Crippen LogP contribution < -0.4 is 10.6 Å². The highest BCUT2D eigenvalue weighted by molar-refractivity contribution is 5.79. The molecule has 16 heavy (non-hydrogen) atoms. The van der Waals surface area contributed by atoms with E-state index in [1.54, 1.807) is 0 Å². The fourth-order valence-corrected chi connectivity index (χ4v) is 2.00. The highest BCUT2D eigenvalue weighted by Gasteiger charge is 2.21. The number of carbonyl (C=O) groups excluding carboxylic acids is 1. The van der Waals surface area contributed by atoms with Gasteiger partial charge in [-0.2, -0.15) is 0 Å². The molecule has 1 unspecified atom stereocenters. The first-order valence-electron chi connectivity index (χ1n) is 5.88. The Morgan fingerprint density at radius 3 is 2.88 bits per heavy atom. The zero-order valence-electron chi connectivity index (χ0n) is 9.41. The van der Waals surface area contributed by atoms with Gasteiger partial charge in [0.2, 0.25) is 5.91 Å². The molecule has 1 atom stereocenters. The molecule has 0 aromatic heterocycles. The van der Waals surface area contributed by atoms with Crippen LogP contribution in [0.5, 0.6) is 0 Å². The summed E-state index contributed by atoms with van der Waals surface area (Å²) in [6, 6.07) is 10.2. The van der Waals surface area contributed by atoms with E-state index < -0.39 is 0 Å². The minimum atomic E-state index is 0.177. The number of carbonyl (C=O) groups is 1. The second kappa shape index (κ2) is 5.66. The Morgan fingerprint density at radius 1 is 1.38 bits per heavy atom. The zero-order valence-corrected chi connectivity index (χ0v) is 9.41. The lowest BCUT2D eigenvalue weighted by Crippen LogP contribution is -2.33. The van der Waals surface area contributed by atoms with Crippen LogP contribution in [0.25, 0.3) is 0 Å². The molecule has 1 aromatic rings. The van der Waals surface area contributed by atoms with E-state index in [1.165, 1.54) is 5.56 Å². The highest BCUT2D eigenvalue weighted by Crippen LogP contribution is 2.07. The van der Waals surface area contributed by atoms with Crippen molar-refractivity contribution < 1.29 is 4.79 Å². The second-order valence-electron chi connectivity index (χ2n) is 4.22. The summed E-state index contributed by atoms with van der Waals surface area (Å²) in [7, 11) is 0. The first-order valence-corrected chi connectivity index (χ1v) is 5.88. The SMILES string of the molecule is O=C(NCCc1ccccc1)C1CCNC1. The van der Waals surface area contributed by atoms with Crippen molar-refractivity contribution in [3.8, 4) is 0 Å². The Bertz CT molecular complexity index is 331. The van der Waals surface area contributed by atoms with Crippen LogP contribution in [-0.4, -0.2) is 25.5 Å². The van der Waals surface area contributed by atoms with Gasteiger partial charge in [-0.1, -0.05) is 30.3 Å².